The van der Waals surface area contributed by atoms with Crippen molar-refractivity contribution in [3.8, 4) is 5.75 Å². The van der Waals surface area contributed by atoms with Crippen molar-refractivity contribution >= 4 is 35.0 Å². The molecule has 0 saturated carbocycles. The highest BCUT2D eigenvalue weighted by Crippen LogP contribution is 2.23. The van der Waals surface area contributed by atoms with Crippen LogP contribution in [0.4, 0.5) is 0 Å². The SMILES string of the molecule is CCNC(=O)C(C)N(Cc1ccc(Cl)cc1Cl)C(=O)COc1ccc(C)cc1. The van der Waals surface area contributed by atoms with E-state index in [1.807, 2.05) is 26.0 Å². The Kier molecular flexibility index (Phi) is 8.15. The van der Waals surface area contributed by atoms with E-state index in [0.29, 0.717) is 27.9 Å². The van der Waals surface area contributed by atoms with E-state index in [4.69, 9.17) is 27.9 Å². The fraction of sp³-hybridized carbons (Fsp3) is 0.333. The molecule has 0 aromatic heterocycles. The maximum atomic E-state index is 12.9. The zero-order chi connectivity index (χ0) is 20.7. The standard InChI is InChI=1S/C21H24Cl2N2O3/c1-4-24-21(27)15(3)25(12-16-7-8-17(22)11-19(16)23)20(26)13-28-18-9-5-14(2)6-10-18/h5-11,15H,4,12-13H2,1-3H3,(H,24,27). The van der Waals surface area contributed by atoms with Crippen LogP contribution in [-0.2, 0) is 16.1 Å². The Bertz CT molecular complexity index is 825. The fourth-order valence-corrected chi connectivity index (χ4v) is 3.07. The summed E-state index contributed by atoms with van der Waals surface area (Å²) in [4.78, 5) is 26.7. The fourth-order valence-electron chi connectivity index (χ4n) is 2.60. The minimum Gasteiger partial charge on any atom is -0.484 e. The Morgan fingerprint density at radius 2 is 1.82 bits per heavy atom. The molecule has 7 heteroatoms. The first kappa shape index (κ1) is 22.1. The van der Waals surface area contributed by atoms with E-state index in [9.17, 15) is 9.59 Å². The monoisotopic (exact) mass is 422 g/mol. The van der Waals surface area contributed by atoms with E-state index in [1.165, 1.54) is 4.90 Å². The topological polar surface area (TPSA) is 58.6 Å². The average Bonchev–Trinajstić information content (AvgIpc) is 2.66. The molecule has 2 aromatic rings. The van der Waals surface area contributed by atoms with Gasteiger partial charge in [-0.2, -0.15) is 0 Å². The van der Waals surface area contributed by atoms with E-state index < -0.39 is 6.04 Å². The molecule has 2 rings (SSSR count). The number of halogens is 2. The average molecular weight is 423 g/mol. The van der Waals surface area contributed by atoms with Crippen LogP contribution in [0.5, 0.6) is 5.75 Å². The second-order valence-electron chi connectivity index (χ2n) is 6.43. The molecule has 1 unspecified atom stereocenters. The number of carbonyl (C=O) groups is 2. The molecule has 1 atom stereocenters. The molecule has 2 aromatic carbocycles. The van der Waals surface area contributed by atoms with Gasteiger partial charge in [-0.3, -0.25) is 9.59 Å². The summed E-state index contributed by atoms with van der Waals surface area (Å²) in [7, 11) is 0. The smallest absolute Gasteiger partial charge is 0.261 e. The molecule has 0 aliphatic rings. The molecule has 0 spiro atoms. The summed E-state index contributed by atoms with van der Waals surface area (Å²) in [6, 6.07) is 11.8. The lowest BCUT2D eigenvalue weighted by atomic mass is 10.1. The summed E-state index contributed by atoms with van der Waals surface area (Å²) in [6.45, 7) is 5.95. The predicted octanol–water partition coefficient (Wildman–Crippen LogP) is 4.23. The van der Waals surface area contributed by atoms with Gasteiger partial charge in [0.2, 0.25) is 5.91 Å². The third kappa shape index (κ3) is 6.14. The largest absolute Gasteiger partial charge is 0.484 e. The zero-order valence-electron chi connectivity index (χ0n) is 16.2. The highest BCUT2D eigenvalue weighted by molar-refractivity contribution is 6.35. The third-order valence-electron chi connectivity index (χ3n) is 4.26. The highest BCUT2D eigenvalue weighted by atomic mass is 35.5. The van der Waals surface area contributed by atoms with E-state index in [2.05, 4.69) is 5.32 Å². The third-order valence-corrected chi connectivity index (χ3v) is 4.84. The molecule has 2 amide bonds. The van der Waals surface area contributed by atoms with E-state index in [1.54, 1.807) is 37.3 Å². The van der Waals surface area contributed by atoms with Gasteiger partial charge in [0.05, 0.1) is 0 Å². The van der Waals surface area contributed by atoms with Crippen LogP contribution in [0.2, 0.25) is 10.0 Å². The summed E-state index contributed by atoms with van der Waals surface area (Å²) in [5.74, 6) is 0.0377. The lowest BCUT2D eigenvalue weighted by Crippen LogP contribution is -2.49. The molecule has 5 nitrogen and oxygen atoms in total. The van der Waals surface area contributed by atoms with Crippen molar-refractivity contribution in [1.82, 2.24) is 10.2 Å². The predicted molar refractivity (Wildman–Crippen MR) is 112 cm³/mol. The van der Waals surface area contributed by atoms with Crippen molar-refractivity contribution in [2.75, 3.05) is 13.2 Å². The van der Waals surface area contributed by atoms with Gasteiger partial charge < -0.3 is 15.0 Å². The second kappa shape index (κ2) is 10.3. The number of benzene rings is 2. The molecular formula is C21H24Cl2N2O3. The normalized spacial score (nSPS) is 11.6. The van der Waals surface area contributed by atoms with Gasteiger partial charge in [-0.15, -0.1) is 0 Å². The van der Waals surface area contributed by atoms with E-state index in [-0.39, 0.29) is 25.0 Å². The Morgan fingerprint density at radius 1 is 1.14 bits per heavy atom. The van der Waals surface area contributed by atoms with Gasteiger partial charge in [0.15, 0.2) is 6.61 Å². The van der Waals surface area contributed by atoms with Crippen molar-refractivity contribution in [3.63, 3.8) is 0 Å². The van der Waals surface area contributed by atoms with Crippen LogP contribution < -0.4 is 10.1 Å². The van der Waals surface area contributed by atoms with Crippen LogP contribution in [0.3, 0.4) is 0 Å². The van der Waals surface area contributed by atoms with Crippen LogP contribution in [-0.4, -0.2) is 35.9 Å². The van der Waals surface area contributed by atoms with E-state index in [0.717, 1.165) is 5.56 Å². The molecule has 0 aliphatic heterocycles. The Balaban J connectivity index is 2.17. The first-order valence-corrected chi connectivity index (χ1v) is 9.78. The molecule has 0 saturated heterocycles. The van der Waals surface area contributed by atoms with Crippen LogP contribution >= 0.6 is 23.2 Å². The highest BCUT2D eigenvalue weighted by Gasteiger charge is 2.26. The number of amides is 2. The van der Waals surface area contributed by atoms with Gasteiger partial charge in [0.1, 0.15) is 11.8 Å². The van der Waals surface area contributed by atoms with Crippen molar-refractivity contribution < 1.29 is 14.3 Å². The quantitative estimate of drug-likeness (QED) is 0.691. The lowest BCUT2D eigenvalue weighted by Gasteiger charge is -2.29. The summed E-state index contributed by atoms with van der Waals surface area (Å²) in [6.07, 6.45) is 0. The Morgan fingerprint density at radius 3 is 2.43 bits per heavy atom. The Hall–Kier alpha value is -2.24. The molecule has 0 fully saturated rings. The van der Waals surface area contributed by atoms with Crippen LogP contribution in [0.1, 0.15) is 25.0 Å². The van der Waals surface area contributed by atoms with Gasteiger partial charge in [0.25, 0.3) is 5.91 Å². The number of hydrogen-bond acceptors (Lipinski definition) is 3. The van der Waals surface area contributed by atoms with Crippen LogP contribution in [0.15, 0.2) is 42.5 Å². The van der Waals surface area contributed by atoms with Gasteiger partial charge in [-0.1, -0.05) is 47.0 Å². The molecule has 0 heterocycles. The zero-order valence-corrected chi connectivity index (χ0v) is 17.7. The van der Waals surface area contributed by atoms with Gasteiger partial charge in [-0.05, 0) is 50.6 Å². The van der Waals surface area contributed by atoms with Crippen LogP contribution in [0.25, 0.3) is 0 Å². The number of aryl methyl sites for hydroxylation is 1. The molecule has 0 bridgehead atoms. The lowest BCUT2D eigenvalue weighted by molar-refractivity contribution is -0.142. The summed E-state index contributed by atoms with van der Waals surface area (Å²) >= 11 is 12.2. The maximum absolute atomic E-state index is 12.9. The van der Waals surface area contributed by atoms with Crippen LogP contribution in [0, 0.1) is 6.92 Å². The molecule has 150 valence electrons. The molecule has 0 aliphatic carbocycles. The first-order chi connectivity index (χ1) is 13.3. The summed E-state index contributed by atoms with van der Waals surface area (Å²) in [5, 5.41) is 3.69. The van der Waals surface area contributed by atoms with Gasteiger partial charge >= 0.3 is 0 Å². The molecule has 28 heavy (non-hydrogen) atoms. The first-order valence-electron chi connectivity index (χ1n) is 9.02. The summed E-state index contributed by atoms with van der Waals surface area (Å²) < 4.78 is 5.60. The minimum atomic E-state index is -0.680. The number of likely N-dealkylation sites (N-methyl/N-ethyl adjacent to an activating group) is 1. The maximum Gasteiger partial charge on any atom is 0.261 e. The van der Waals surface area contributed by atoms with Crippen molar-refractivity contribution in [1.29, 1.82) is 0 Å². The van der Waals surface area contributed by atoms with Crippen molar-refractivity contribution in [3.05, 3.63) is 63.6 Å². The van der Waals surface area contributed by atoms with Crippen molar-refractivity contribution in [2.45, 2.75) is 33.4 Å². The molecule has 1 N–H and O–H groups in total. The number of nitrogens with one attached hydrogen (secondary N) is 1. The number of rotatable bonds is 8. The molecule has 0 radical (unpaired) electrons. The summed E-state index contributed by atoms with van der Waals surface area (Å²) in [5.41, 5.74) is 1.80. The number of carbonyl (C=O) groups excluding carboxylic acids is 2. The minimum absolute atomic E-state index is 0.171. The number of hydrogen-bond donors (Lipinski definition) is 1. The van der Waals surface area contributed by atoms with Crippen molar-refractivity contribution in [2.24, 2.45) is 0 Å². The number of nitrogens with zero attached hydrogens (tertiary/aromatic N) is 1. The van der Waals surface area contributed by atoms with E-state index >= 15 is 0 Å². The van der Waals surface area contributed by atoms with Gasteiger partial charge in [-0.25, -0.2) is 0 Å². The molecular weight excluding hydrogens is 399 g/mol. The number of ether oxygens (including phenoxy) is 1. The Labute approximate surface area is 175 Å². The second-order valence-corrected chi connectivity index (χ2v) is 7.27. The van der Waals surface area contributed by atoms with Gasteiger partial charge in [0, 0.05) is 23.1 Å².